The highest BCUT2D eigenvalue weighted by molar-refractivity contribution is 5.71. The minimum atomic E-state index is 0.560. The van der Waals surface area contributed by atoms with E-state index >= 15 is 0 Å². The van der Waals surface area contributed by atoms with E-state index in [2.05, 4.69) is 68.3 Å². The lowest BCUT2D eigenvalue weighted by atomic mass is 10.1. The number of nitrogens with zero attached hydrogens (tertiary/aromatic N) is 16. The molecule has 0 saturated carbocycles. The molecule has 0 amide bonds. The van der Waals surface area contributed by atoms with E-state index in [4.69, 9.17) is 97.2 Å². The zero-order valence-corrected chi connectivity index (χ0v) is 76.3. The standard InChI is InChI=1S/C27H29N5O3.2C27H28N4O3.C25H26N4O3/c1-2-11-31(12-3-1)13-14-35-27-18-20(9-10-28-27)17-25-29-26-6-4-5-22(32(26)30-25)21-7-8-23-24(19-21)34-16-15-33-23;1-2-12-30(11-1)13-14-32-22-6-3-5-20(17-22)18-26-28-27-8-4-7-23(31(27)29-26)21-9-10-24-25(19-21)34-16-15-33-24;1-2-13-30(12-1)14-15-32-22-9-6-20(7-10-22)18-26-28-27-5-3-4-23(31(27)29-26)21-8-11-24-25(19-21)34-17-16-33-24;1-17-14-18(6-8-21(17)30-11-10-26-2)15-24-27-25-5-3-4-20(29(25)28-24)19-7-9-22-23(16-19)32-13-12-31-22/h4-10,18-19H,1-3,11-17H2;3-10,17,19H,1-2,11-16,18H2;3-11,19H,1-2,12-18H2;3-9,14,16,26H,10-13,15H2,1-2H3. The van der Waals surface area contributed by atoms with Gasteiger partial charge >= 0.3 is 0 Å². The third-order valence-corrected chi connectivity index (χ3v) is 24.7. The molecule has 16 heterocycles. The molecule has 0 atom stereocenters. The largest absolute Gasteiger partial charge is 0.492 e. The lowest BCUT2D eigenvalue weighted by Crippen LogP contribution is -2.33. The molecule has 0 aliphatic carbocycles. The van der Waals surface area contributed by atoms with Gasteiger partial charge in [-0.1, -0.05) is 67.1 Å². The molecule has 3 fully saturated rings. The van der Waals surface area contributed by atoms with E-state index in [1.165, 1.54) is 84.2 Å². The minimum absolute atomic E-state index is 0.560. The predicted molar refractivity (Wildman–Crippen MR) is 515 cm³/mol. The highest BCUT2D eigenvalue weighted by atomic mass is 16.6. The normalized spacial score (nSPS) is 15.0. The maximum atomic E-state index is 6.02. The number of hydrogen-bond donors (Lipinski definition) is 1. The molecule has 0 radical (unpaired) electrons. The molecular formula is C106H111N17O12. The highest BCUT2D eigenvalue weighted by Crippen LogP contribution is 2.40. The molecule has 7 aromatic carbocycles. The fourth-order valence-electron chi connectivity index (χ4n) is 17.9. The van der Waals surface area contributed by atoms with Crippen LogP contribution < -0.4 is 62.2 Å². The first-order chi connectivity index (χ1) is 66.7. The Balaban J connectivity index is 0.000000112. The summed E-state index contributed by atoms with van der Waals surface area (Å²) in [5.41, 5.74) is 16.8. The Hall–Kier alpha value is -14.4. The van der Waals surface area contributed by atoms with Gasteiger partial charge in [0.1, 0.15) is 96.5 Å². The van der Waals surface area contributed by atoms with Gasteiger partial charge in [-0.15, -0.1) is 0 Å². The van der Waals surface area contributed by atoms with Gasteiger partial charge in [-0.3, -0.25) is 14.7 Å². The van der Waals surface area contributed by atoms with Crippen molar-refractivity contribution in [1.82, 2.24) is 83.4 Å². The maximum absolute atomic E-state index is 6.02. The molecule has 9 aromatic heterocycles. The minimum Gasteiger partial charge on any atom is -0.492 e. The van der Waals surface area contributed by atoms with E-state index in [1.54, 1.807) is 6.20 Å². The number of likely N-dealkylation sites (tertiary alicyclic amines) is 3. The average Bonchev–Trinajstić information content (AvgIpc) is 1.70. The summed E-state index contributed by atoms with van der Waals surface area (Å²) in [6, 6.07) is 74.8. The van der Waals surface area contributed by atoms with E-state index in [1.807, 2.05) is 213 Å². The van der Waals surface area contributed by atoms with Crippen LogP contribution in [0.3, 0.4) is 0 Å². The summed E-state index contributed by atoms with van der Waals surface area (Å²) in [4.78, 5) is 30.8. The van der Waals surface area contributed by atoms with Crippen LogP contribution in [0.1, 0.15) is 96.1 Å². The van der Waals surface area contributed by atoms with Crippen molar-refractivity contribution in [2.24, 2.45) is 0 Å². The number of piperidine rings is 1. The number of hydrogen-bond acceptors (Lipinski definition) is 25. The highest BCUT2D eigenvalue weighted by Gasteiger charge is 2.24. The number of aromatic nitrogens is 13. The Morgan fingerprint density at radius 2 is 0.659 bits per heavy atom. The summed E-state index contributed by atoms with van der Waals surface area (Å²) in [7, 11) is 1.92. The van der Waals surface area contributed by atoms with Crippen LogP contribution in [0.5, 0.6) is 69.1 Å². The van der Waals surface area contributed by atoms with Crippen molar-refractivity contribution in [3.05, 3.63) is 282 Å². The number of pyridine rings is 5. The number of likely N-dealkylation sites (N-methyl/N-ethyl adjacent to an activating group) is 1. The van der Waals surface area contributed by atoms with Gasteiger partial charge < -0.3 is 62.2 Å². The number of aryl methyl sites for hydroxylation is 1. The van der Waals surface area contributed by atoms with Gasteiger partial charge in [0.25, 0.3) is 0 Å². The molecule has 0 bridgehead atoms. The first-order valence-electron chi connectivity index (χ1n) is 47.2. The van der Waals surface area contributed by atoms with Crippen LogP contribution in [0.15, 0.2) is 231 Å². The van der Waals surface area contributed by atoms with Crippen LogP contribution >= 0.6 is 0 Å². The van der Waals surface area contributed by atoms with Gasteiger partial charge in [0, 0.05) is 86.4 Å². The zero-order valence-electron chi connectivity index (χ0n) is 76.3. The number of ether oxygens (including phenoxy) is 12. The van der Waals surface area contributed by atoms with Crippen LogP contribution in [0.2, 0.25) is 0 Å². The molecular weight excluding hydrogens is 1700 g/mol. The van der Waals surface area contributed by atoms with Crippen LogP contribution in [0.4, 0.5) is 0 Å². The van der Waals surface area contributed by atoms with E-state index < -0.39 is 0 Å². The molecule has 23 rings (SSSR count). The third kappa shape index (κ3) is 22.1. The quantitative estimate of drug-likeness (QED) is 0.0446. The molecule has 7 aliphatic rings. The van der Waals surface area contributed by atoms with Gasteiger partial charge in [-0.2, -0.15) is 20.4 Å². The molecule has 135 heavy (non-hydrogen) atoms. The number of rotatable bonds is 28. The molecule has 7 aliphatic heterocycles. The Morgan fingerprint density at radius 3 is 1.07 bits per heavy atom. The Labute approximate surface area is 783 Å². The summed E-state index contributed by atoms with van der Waals surface area (Å²) >= 11 is 0. The topological polar surface area (TPSA) is 266 Å². The molecule has 29 heteroatoms. The second-order valence-electron chi connectivity index (χ2n) is 34.4. The molecule has 692 valence electrons. The van der Waals surface area contributed by atoms with Crippen molar-refractivity contribution < 1.29 is 56.8 Å². The second-order valence-corrected chi connectivity index (χ2v) is 34.4. The van der Waals surface area contributed by atoms with Gasteiger partial charge in [-0.05, 0) is 277 Å². The molecule has 0 spiro atoms. The smallest absolute Gasteiger partial charge is 0.213 e. The van der Waals surface area contributed by atoms with Crippen molar-refractivity contribution in [3.8, 4) is 114 Å². The first-order valence-corrected chi connectivity index (χ1v) is 47.2. The number of fused-ring (bicyclic) bond motifs is 8. The SMILES string of the molecule is CNCCOc1ccc(Cc2nc3cccc(-c4ccc5c(c4)OCCO5)n3n2)cc1C.c1cc(-c2ccc3c(c2)OCCO3)n2nc(Cc3ccc(OCCN4CCCC4)cc3)nc2c1.c1cc(-c2ccc3c(c2)OCCO3)n2nc(Cc3ccnc(OCCN4CCCCC4)c3)nc2c1.c1cc(Cc2nc3cccc(-c4ccc5c(c4)OCCO5)n3n2)cc(OCCN2CCCC2)c1. The fraction of sp³-hybridized carbons (Fsp3) is 0.330. The summed E-state index contributed by atoms with van der Waals surface area (Å²) in [5.74, 6) is 12.6. The lowest BCUT2D eigenvalue weighted by Gasteiger charge is -2.26. The predicted octanol–water partition coefficient (Wildman–Crippen LogP) is 16.1. The average molecular weight is 1820 g/mol. The summed E-state index contributed by atoms with van der Waals surface area (Å²) in [5, 5.41) is 22.3. The van der Waals surface area contributed by atoms with Crippen molar-refractivity contribution in [2.75, 3.05) is 152 Å². The fourth-order valence-corrected chi connectivity index (χ4v) is 17.9. The van der Waals surface area contributed by atoms with Gasteiger partial charge in [0.05, 0.1) is 22.8 Å². The van der Waals surface area contributed by atoms with Crippen LogP contribution in [0.25, 0.3) is 67.6 Å². The Kier molecular flexibility index (Phi) is 28.0. The van der Waals surface area contributed by atoms with Crippen LogP contribution in [-0.4, -0.2) is 230 Å². The number of nitrogens with one attached hydrogen (secondary N) is 1. The summed E-state index contributed by atoms with van der Waals surface area (Å²) < 4.78 is 76.9. The van der Waals surface area contributed by atoms with Gasteiger partial charge in [-0.25, -0.2) is 43.0 Å². The third-order valence-electron chi connectivity index (χ3n) is 24.7. The van der Waals surface area contributed by atoms with E-state index in [0.29, 0.717) is 97.6 Å². The monoisotopic (exact) mass is 1810 g/mol. The van der Waals surface area contributed by atoms with Gasteiger partial charge in [0.2, 0.25) is 5.88 Å². The van der Waals surface area contributed by atoms with Gasteiger partial charge in [0.15, 0.2) is 91.9 Å². The van der Waals surface area contributed by atoms with Crippen molar-refractivity contribution in [1.29, 1.82) is 0 Å². The maximum Gasteiger partial charge on any atom is 0.213 e. The van der Waals surface area contributed by atoms with Crippen LogP contribution in [-0.2, 0) is 25.7 Å². The lowest BCUT2D eigenvalue weighted by molar-refractivity contribution is 0.171. The zero-order chi connectivity index (χ0) is 90.9. The summed E-state index contributed by atoms with van der Waals surface area (Å²) in [6.07, 6.45) is 13.5. The number of benzene rings is 7. The Morgan fingerprint density at radius 1 is 0.304 bits per heavy atom. The van der Waals surface area contributed by atoms with E-state index in [9.17, 15) is 0 Å². The molecule has 1 N–H and O–H groups in total. The molecule has 16 aromatic rings. The molecule has 0 unspecified atom stereocenters. The molecule has 3 saturated heterocycles. The molecule has 29 nitrogen and oxygen atoms in total. The van der Waals surface area contributed by atoms with Crippen molar-refractivity contribution in [3.63, 3.8) is 0 Å². The van der Waals surface area contributed by atoms with Crippen molar-refractivity contribution >= 4 is 22.6 Å². The van der Waals surface area contributed by atoms with Crippen molar-refractivity contribution in [2.45, 2.75) is 77.6 Å². The van der Waals surface area contributed by atoms with Crippen LogP contribution in [0, 0.1) is 6.92 Å². The van der Waals surface area contributed by atoms with E-state index in [0.717, 1.165) is 221 Å². The summed E-state index contributed by atoms with van der Waals surface area (Å²) in [6.45, 7) is 20.3. The van der Waals surface area contributed by atoms with E-state index in [-0.39, 0.29) is 0 Å². The second kappa shape index (κ2) is 42.7. The Bertz CT molecular complexity index is 6740. The first kappa shape index (κ1) is 88.5.